The van der Waals surface area contributed by atoms with E-state index < -0.39 is 24.5 Å². The summed E-state index contributed by atoms with van der Waals surface area (Å²) in [4.78, 5) is 25.4. The van der Waals surface area contributed by atoms with Gasteiger partial charge in [-0.3, -0.25) is 9.59 Å². The van der Waals surface area contributed by atoms with E-state index in [4.69, 9.17) is 14.6 Å². The number of ketones is 1. The second kappa shape index (κ2) is 9.06. The van der Waals surface area contributed by atoms with Gasteiger partial charge in [-0.15, -0.1) is 0 Å². The van der Waals surface area contributed by atoms with E-state index in [1.165, 1.54) is 31.4 Å². The third-order valence-electron chi connectivity index (χ3n) is 4.80. The van der Waals surface area contributed by atoms with E-state index in [0.717, 1.165) is 0 Å². The molecule has 0 aliphatic rings. The van der Waals surface area contributed by atoms with Crippen LogP contribution in [-0.2, 0) is 16.1 Å². The van der Waals surface area contributed by atoms with Crippen molar-refractivity contribution in [1.29, 1.82) is 0 Å². The number of hydrogen-bond acceptors (Lipinski definition) is 6. The molecule has 0 amide bonds. The highest BCUT2D eigenvalue weighted by Crippen LogP contribution is 2.31. The first-order valence-electron chi connectivity index (χ1n) is 9.27. The second-order valence-electron chi connectivity index (χ2n) is 6.79. The Morgan fingerprint density at radius 2 is 1.87 bits per heavy atom. The molecule has 0 radical (unpaired) electrons. The van der Waals surface area contributed by atoms with Crippen LogP contribution in [0.15, 0.2) is 42.5 Å². The molecular formula is C22H22FNO6. The molecule has 0 bridgehead atoms. The second-order valence-corrected chi connectivity index (χ2v) is 6.79. The van der Waals surface area contributed by atoms with E-state index in [2.05, 4.69) is 0 Å². The number of carbonyl (C=O) groups excluding carboxylic acids is 2. The van der Waals surface area contributed by atoms with Crippen molar-refractivity contribution in [2.75, 3.05) is 20.3 Å². The number of aliphatic hydroxyl groups excluding tert-OH is 2. The lowest BCUT2D eigenvalue weighted by Gasteiger charge is -2.11. The van der Waals surface area contributed by atoms with Crippen LogP contribution in [0.4, 0.5) is 4.39 Å². The van der Waals surface area contributed by atoms with Gasteiger partial charge in [0.25, 0.3) is 0 Å². The summed E-state index contributed by atoms with van der Waals surface area (Å²) in [6.07, 6.45) is -1.16. The van der Waals surface area contributed by atoms with Gasteiger partial charge in [0.2, 0.25) is 0 Å². The molecule has 0 saturated carbocycles. The highest BCUT2D eigenvalue weighted by atomic mass is 19.1. The van der Waals surface area contributed by atoms with Gasteiger partial charge in [0.05, 0.1) is 24.8 Å². The number of aromatic nitrogens is 1. The number of carbonyl (C=O) groups is 2. The van der Waals surface area contributed by atoms with Crippen molar-refractivity contribution in [1.82, 2.24) is 4.57 Å². The minimum absolute atomic E-state index is 0.204. The van der Waals surface area contributed by atoms with Crippen molar-refractivity contribution >= 4 is 22.7 Å². The van der Waals surface area contributed by atoms with Crippen molar-refractivity contribution < 1.29 is 33.7 Å². The van der Waals surface area contributed by atoms with Crippen molar-refractivity contribution in [3.8, 4) is 5.75 Å². The molecule has 30 heavy (non-hydrogen) atoms. The number of ether oxygens (including phenoxy) is 2. The Bertz CT molecular complexity index is 1070. The number of methoxy groups -OCH3 is 1. The summed E-state index contributed by atoms with van der Waals surface area (Å²) in [7, 11) is 1.51. The highest BCUT2D eigenvalue weighted by Gasteiger charge is 2.23. The minimum atomic E-state index is -1.16. The third kappa shape index (κ3) is 4.34. The maximum absolute atomic E-state index is 13.3. The maximum Gasteiger partial charge on any atom is 0.326 e. The Morgan fingerprint density at radius 3 is 2.50 bits per heavy atom. The Balaban J connectivity index is 2.04. The Kier molecular flexibility index (Phi) is 6.49. The van der Waals surface area contributed by atoms with Gasteiger partial charge in [-0.25, -0.2) is 4.39 Å². The van der Waals surface area contributed by atoms with Gasteiger partial charge in [-0.05, 0) is 43.3 Å². The van der Waals surface area contributed by atoms with Gasteiger partial charge in [-0.1, -0.05) is 0 Å². The molecular weight excluding hydrogens is 393 g/mol. The van der Waals surface area contributed by atoms with Crippen molar-refractivity contribution in [3.05, 3.63) is 65.1 Å². The van der Waals surface area contributed by atoms with Crippen molar-refractivity contribution in [2.24, 2.45) is 0 Å². The number of aliphatic hydroxyl groups is 2. The van der Waals surface area contributed by atoms with Crippen LogP contribution in [0.3, 0.4) is 0 Å². The van der Waals surface area contributed by atoms with Gasteiger partial charge >= 0.3 is 5.97 Å². The zero-order valence-electron chi connectivity index (χ0n) is 16.6. The number of benzene rings is 2. The average molecular weight is 415 g/mol. The Morgan fingerprint density at radius 1 is 1.17 bits per heavy atom. The van der Waals surface area contributed by atoms with E-state index in [1.807, 2.05) is 0 Å². The van der Waals surface area contributed by atoms with Crippen LogP contribution < -0.4 is 4.74 Å². The molecule has 1 unspecified atom stereocenters. The summed E-state index contributed by atoms with van der Waals surface area (Å²) in [6.45, 7) is 0.647. The number of halogens is 1. The number of hydrogen-bond donors (Lipinski definition) is 2. The molecule has 2 N–H and O–H groups in total. The lowest BCUT2D eigenvalue weighted by Crippen LogP contribution is -2.24. The normalized spacial score (nSPS) is 12.0. The fraction of sp³-hybridized carbons (Fsp3) is 0.273. The van der Waals surface area contributed by atoms with Crippen LogP contribution in [0.25, 0.3) is 10.9 Å². The summed E-state index contributed by atoms with van der Waals surface area (Å²) >= 11 is 0. The van der Waals surface area contributed by atoms with Crippen LogP contribution in [0.2, 0.25) is 0 Å². The molecule has 2 aromatic carbocycles. The first-order valence-corrected chi connectivity index (χ1v) is 9.27. The molecule has 3 rings (SSSR count). The maximum atomic E-state index is 13.3. The lowest BCUT2D eigenvalue weighted by molar-refractivity contribution is -0.148. The summed E-state index contributed by atoms with van der Waals surface area (Å²) in [5.41, 5.74) is 1.84. The molecule has 0 aliphatic heterocycles. The van der Waals surface area contributed by atoms with Gasteiger partial charge in [0, 0.05) is 22.7 Å². The van der Waals surface area contributed by atoms with Crippen LogP contribution in [0, 0.1) is 12.7 Å². The molecule has 0 spiro atoms. The predicted octanol–water partition coefficient (Wildman–Crippen LogP) is 2.22. The van der Waals surface area contributed by atoms with Crippen LogP contribution >= 0.6 is 0 Å². The molecule has 8 heteroatoms. The summed E-state index contributed by atoms with van der Waals surface area (Å²) in [5, 5.41) is 18.8. The molecule has 1 atom stereocenters. The standard InChI is InChI=1S/C22H22FNO6/c1-13-21(22(28)14-3-5-15(23)6-4-14)18-8-7-17(29-2)9-19(18)24(13)10-20(27)30-12-16(26)11-25/h3-9,16,25-26H,10-12H2,1-2H3. The minimum Gasteiger partial charge on any atom is -0.497 e. The van der Waals surface area contributed by atoms with E-state index in [1.54, 1.807) is 29.7 Å². The monoisotopic (exact) mass is 415 g/mol. The molecule has 7 nitrogen and oxygen atoms in total. The zero-order chi connectivity index (χ0) is 21.8. The smallest absolute Gasteiger partial charge is 0.326 e. The fourth-order valence-electron chi connectivity index (χ4n) is 3.24. The molecule has 3 aromatic rings. The molecule has 0 fully saturated rings. The van der Waals surface area contributed by atoms with E-state index >= 15 is 0 Å². The van der Waals surface area contributed by atoms with Crippen molar-refractivity contribution in [3.63, 3.8) is 0 Å². The molecule has 0 aliphatic carbocycles. The van der Waals surface area contributed by atoms with Gasteiger partial charge < -0.3 is 24.3 Å². The Labute approximate surface area is 172 Å². The molecule has 1 aromatic heterocycles. The average Bonchev–Trinajstić information content (AvgIpc) is 3.02. The predicted molar refractivity (Wildman–Crippen MR) is 107 cm³/mol. The van der Waals surface area contributed by atoms with Crippen molar-refractivity contribution in [2.45, 2.75) is 19.6 Å². The van der Waals surface area contributed by atoms with Gasteiger partial charge in [0.1, 0.15) is 30.8 Å². The fourth-order valence-corrected chi connectivity index (χ4v) is 3.24. The van der Waals surface area contributed by atoms with Crippen LogP contribution in [-0.4, -0.2) is 53.0 Å². The highest BCUT2D eigenvalue weighted by molar-refractivity contribution is 6.17. The van der Waals surface area contributed by atoms with Gasteiger partial charge in [0.15, 0.2) is 5.78 Å². The summed E-state index contributed by atoms with van der Waals surface area (Å²) in [5.74, 6) is -0.828. The van der Waals surface area contributed by atoms with Crippen LogP contribution in [0.1, 0.15) is 21.6 Å². The van der Waals surface area contributed by atoms with E-state index in [-0.39, 0.29) is 18.9 Å². The number of esters is 1. The molecule has 0 saturated heterocycles. The van der Waals surface area contributed by atoms with E-state index in [9.17, 15) is 19.1 Å². The topological polar surface area (TPSA) is 98.0 Å². The van der Waals surface area contributed by atoms with E-state index in [0.29, 0.717) is 33.5 Å². The zero-order valence-corrected chi connectivity index (χ0v) is 16.6. The SMILES string of the molecule is COc1ccc2c(C(=O)c3ccc(F)cc3)c(C)n(CC(=O)OCC(O)CO)c2c1. The third-order valence-corrected chi connectivity index (χ3v) is 4.80. The number of fused-ring (bicyclic) bond motifs is 1. The number of rotatable bonds is 8. The quantitative estimate of drug-likeness (QED) is 0.433. The Hall–Kier alpha value is -3.23. The summed E-state index contributed by atoms with van der Waals surface area (Å²) < 4.78 is 25.1. The van der Waals surface area contributed by atoms with Crippen LogP contribution in [0.5, 0.6) is 5.75 Å². The largest absolute Gasteiger partial charge is 0.497 e. The lowest BCUT2D eigenvalue weighted by atomic mass is 10.0. The first-order chi connectivity index (χ1) is 14.3. The summed E-state index contributed by atoms with van der Waals surface area (Å²) in [6, 6.07) is 10.4. The molecule has 158 valence electrons. The first kappa shape index (κ1) is 21.5. The molecule has 1 heterocycles. The number of nitrogens with zero attached hydrogens (tertiary/aromatic N) is 1. The van der Waals surface area contributed by atoms with Gasteiger partial charge in [-0.2, -0.15) is 0 Å².